The van der Waals surface area contributed by atoms with Gasteiger partial charge in [-0.25, -0.2) is 0 Å². The number of aliphatic hydroxyl groups is 1. The van der Waals surface area contributed by atoms with Crippen LogP contribution in [0.15, 0.2) is 0 Å². The number of esters is 3. The molecule has 6 fully saturated rings. The Kier molecular flexibility index (Phi) is 7.54. The van der Waals surface area contributed by atoms with Gasteiger partial charge in [-0.15, -0.1) is 0 Å². The van der Waals surface area contributed by atoms with Crippen molar-refractivity contribution in [3.05, 3.63) is 0 Å². The van der Waals surface area contributed by atoms with Crippen molar-refractivity contribution in [2.75, 3.05) is 6.61 Å². The van der Waals surface area contributed by atoms with Gasteiger partial charge in [0, 0.05) is 38.0 Å². The molecule has 2 aliphatic heterocycles. The predicted octanol–water partition coefficient (Wildman–Crippen LogP) is 4.42. The Morgan fingerprint density at radius 1 is 0.833 bits per heavy atom. The van der Waals surface area contributed by atoms with Crippen LogP contribution in [0.25, 0.3) is 0 Å². The van der Waals surface area contributed by atoms with Gasteiger partial charge in [0.05, 0.1) is 12.7 Å². The fraction of sp³-hybridized carbons (Fsp3) is 0.909. The molecule has 15 atom stereocenters. The van der Waals surface area contributed by atoms with Crippen molar-refractivity contribution in [3.8, 4) is 0 Å². The molecule has 42 heavy (non-hydrogen) atoms. The van der Waals surface area contributed by atoms with E-state index in [1.807, 2.05) is 0 Å². The zero-order valence-corrected chi connectivity index (χ0v) is 26.3. The first-order valence-electron chi connectivity index (χ1n) is 16.2. The van der Waals surface area contributed by atoms with Gasteiger partial charge < -0.3 is 28.8 Å². The van der Waals surface area contributed by atoms with E-state index in [9.17, 15) is 19.5 Å². The minimum Gasteiger partial charge on any atom is -0.462 e. The summed E-state index contributed by atoms with van der Waals surface area (Å²) in [6.07, 6.45) is 3.59. The molecule has 1 spiro atoms. The van der Waals surface area contributed by atoms with Gasteiger partial charge in [0.1, 0.15) is 24.4 Å². The minimum absolute atomic E-state index is 0.0472. The monoisotopic (exact) mass is 590 g/mol. The number of carbonyl (C=O) groups is 3. The summed E-state index contributed by atoms with van der Waals surface area (Å²) < 4.78 is 30.9. The van der Waals surface area contributed by atoms with Gasteiger partial charge in [-0.1, -0.05) is 27.7 Å². The minimum atomic E-state index is -1.01. The number of aliphatic hydroxyl groups excluding tert-OH is 1. The number of carbonyl (C=O) groups excluding carboxylic acids is 3. The number of fused-ring (bicyclic) bond motifs is 7. The normalized spacial score (nSPS) is 52.9. The quantitative estimate of drug-likeness (QED) is 0.377. The third-order valence-corrected chi connectivity index (χ3v) is 12.9. The SMILES string of the molecule is CC(=O)O[C@H]1C[C@@H]2CC[C@@H]3[C@H](C[C@@H](OC(C)=O)[C@]4(C)[C@@H]5[C@H](C[C@@H]34)O[C@@]3(OC[C@H](C)CC3O)[C@H]5C)[C@@]2(C)C[C@H]1OC(C)=O. The average molecular weight is 591 g/mol. The molecule has 0 radical (unpaired) electrons. The van der Waals surface area contributed by atoms with Crippen LogP contribution in [0.2, 0.25) is 0 Å². The van der Waals surface area contributed by atoms with Crippen molar-refractivity contribution >= 4 is 17.9 Å². The molecule has 6 rings (SSSR count). The van der Waals surface area contributed by atoms with E-state index in [4.69, 9.17) is 23.7 Å². The van der Waals surface area contributed by atoms with Crippen LogP contribution in [0, 0.1) is 52.3 Å². The summed E-state index contributed by atoms with van der Waals surface area (Å²) in [6.45, 7) is 13.7. The highest BCUT2D eigenvalue weighted by Gasteiger charge is 2.74. The number of rotatable bonds is 3. The molecule has 0 aromatic carbocycles. The van der Waals surface area contributed by atoms with Crippen LogP contribution in [0.4, 0.5) is 0 Å². The second-order valence-electron chi connectivity index (χ2n) is 15.2. The fourth-order valence-electron chi connectivity index (χ4n) is 11.4. The zero-order chi connectivity index (χ0) is 30.4. The Hall–Kier alpha value is -1.71. The lowest BCUT2D eigenvalue weighted by Crippen LogP contribution is -2.62. The summed E-state index contributed by atoms with van der Waals surface area (Å²) >= 11 is 0. The van der Waals surface area contributed by atoms with Crippen LogP contribution in [-0.2, 0) is 38.1 Å². The summed E-state index contributed by atoms with van der Waals surface area (Å²) in [5, 5.41) is 11.3. The third kappa shape index (κ3) is 4.46. The van der Waals surface area contributed by atoms with Crippen LogP contribution in [-0.4, -0.2) is 65.9 Å². The topological polar surface area (TPSA) is 118 Å². The maximum Gasteiger partial charge on any atom is 0.303 e. The molecule has 0 aromatic rings. The van der Waals surface area contributed by atoms with Crippen molar-refractivity contribution in [2.24, 2.45) is 52.3 Å². The molecule has 9 nitrogen and oxygen atoms in total. The molecule has 2 saturated heterocycles. The molecular formula is C33H50O9. The van der Waals surface area contributed by atoms with Gasteiger partial charge in [-0.05, 0) is 80.0 Å². The standard InChI is InChI=1S/C33H50O9/c1-16-10-28(37)33(38-15-16)17(2)30-26(42-33)12-24-22-9-8-21-11-25(39-18(3)34)27(40-19(4)35)14-31(21,6)23(22)13-29(32(24,30)7)41-20(5)36/h16-17,21-30,37H,8-15H2,1-7H3/t16-,17+,21+,22-,23+,24+,25+,26+,27-,28?,29-,30+,31+,32-,33+/m1/s1. The van der Waals surface area contributed by atoms with E-state index in [1.165, 1.54) is 20.8 Å². The van der Waals surface area contributed by atoms with E-state index in [0.717, 1.165) is 25.7 Å². The summed E-state index contributed by atoms with van der Waals surface area (Å²) in [5.74, 6) is -0.439. The van der Waals surface area contributed by atoms with Gasteiger partial charge in [-0.2, -0.15) is 0 Å². The maximum atomic E-state index is 12.6. The second kappa shape index (κ2) is 10.4. The lowest BCUT2D eigenvalue weighted by atomic mass is 9.43. The number of ether oxygens (including phenoxy) is 5. The molecule has 2 heterocycles. The molecular weight excluding hydrogens is 540 g/mol. The predicted molar refractivity (Wildman–Crippen MR) is 151 cm³/mol. The first-order chi connectivity index (χ1) is 19.7. The van der Waals surface area contributed by atoms with Gasteiger partial charge in [0.2, 0.25) is 0 Å². The van der Waals surface area contributed by atoms with E-state index >= 15 is 0 Å². The molecule has 1 unspecified atom stereocenters. The highest BCUT2D eigenvalue weighted by atomic mass is 16.7. The van der Waals surface area contributed by atoms with Gasteiger partial charge in [0.25, 0.3) is 0 Å². The number of hydrogen-bond acceptors (Lipinski definition) is 9. The van der Waals surface area contributed by atoms with E-state index in [-0.39, 0.29) is 70.5 Å². The van der Waals surface area contributed by atoms with Crippen LogP contribution < -0.4 is 0 Å². The van der Waals surface area contributed by atoms with E-state index < -0.39 is 24.1 Å². The van der Waals surface area contributed by atoms with Gasteiger partial charge in [-0.3, -0.25) is 14.4 Å². The van der Waals surface area contributed by atoms with Gasteiger partial charge in [0.15, 0.2) is 5.79 Å². The molecule has 9 heteroatoms. The Labute approximate surface area is 249 Å². The maximum absolute atomic E-state index is 12.6. The lowest BCUT2D eigenvalue weighted by Gasteiger charge is -2.63. The average Bonchev–Trinajstić information content (AvgIpc) is 3.33. The highest BCUT2D eigenvalue weighted by molar-refractivity contribution is 5.67. The fourth-order valence-corrected chi connectivity index (χ4v) is 11.4. The summed E-state index contributed by atoms with van der Waals surface area (Å²) in [6, 6.07) is 0. The molecule has 6 aliphatic rings. The first kappa shape index (κ1) is 30.3. The van der Waals surface area contributed by atoms with Crippen LogP contribution in [0.3, 0.4) is 0 Å². The molecule has 0 bridgehead atoms. The molecule has 1 N–H and O–H groups in total. The Morgan fingerprint density at radius 3 is 2.14 bits per heavy atom. The zero-order valence-electron chi connectivity index (χ0n) is 26.3. The van der Waals surface area contributed by atoms with Gasteiger partial charge >= 0.3 is 17.9 Å². The molecule has 0 amide bonds. The molecule has 0 aromatic heterocycles. The highest BCUT2D eigenvalue weighted by Crippen LogP contribution is 2.72. The van der Waals surface area contributed by atoms with Crippen LogP contribution >= 0.6 is 0 Å². The summed E-state index contributed by atoms with van der Waals surface area (Å²) in [5.41, 5.74) is -0.483. The van der Waals surface area contributed by atoms with E-state index in [0.29, 0.717) is 37.7 Å². The van der Waals surface area contributed by atoms with E-state index in [1.54, 1.807) is 0 Å². The largest absolute Gasteiger partial charge is 0.462 e. The van der Waals surface area contributed by atoms with Crippen molar-refractivity contribution in [1.29, 1.82) is 0 Å². The molecule has 4 saturated carbocycles. The molecule has 236 valence electrons. The Balaban J connectivity index is 1.33. The summed E-state index contributed by atoms with van der Waals surface area (Å²) in [4.78, 5) is 36.7. The first-order valence-corrected chi connectivity index (χ1v) is 16.2. The van der Waals surface area contributed by atoms with Crippen molar-refractivity contribution in [2.45, 2.75) is 130 Å². The van der Waals surface area contributed by atoms with Crippen LogP contribution in [0.1, 0.15) is 93.4 Å². The van der Waals surface area contributed by atoms with Crippen molar-refractivity contribution in [3.63, 3.8) is 0 Å². The van der Waals surface area contributed by atoms with E-state index in [2.05, 4.69) is 27.7 Å². The summed E-state index contributed by atoms with van der Waals surface area (Å²) in [7, 11) is 0. The smallest absolute Gasteiger partial charge is 0.303 e. The Morgan fingerprint density at radius 2 is 1.50 bits per heavy atom. The van der Waals surface area contributed by atoms with Crippen molar-refractivity contribution < 1.29 is 43.2 Å². The lowest BCUT2D eigenvalue weighted by molar-refractivity contribution is -0.317. The third-order valence-electron chi connectivity index (χ3n) is 12.9. The number of hydrogen-bond donors (Lipinski definition) is 1. The Bertz CT molecular complexity index is 1110. The van der Waals surface area contributed by atoms with Crippen molar-refractivity contribution in [1.82, 2.24) is 0 Å². The molecule has 4 aliphatic carbocycles. The second-order valence-corrected chi connectivity index (χ2v) is 15.2. The van der Waals surface area contributed by atoms with Crippen LogP contribution in [0.5, 0.6) is 0 Å².